The van der Waals surface area contributed by atoms with Gasteiger partial charge in [-0.1, -0.05) is 55.4 Å². The lowest BCUT2D eigenvalue weighted by molar-refractivity contribution is -0.409. The Labute approximate surface area is 317 Å². The van der Waals surface area contributed by atoms with Gasteiger partial charge in [0.25, 0.3) is 0 Å². The molecular weight excluding hydrogens is 680 g/mol. The van der Waals surface area contributed by atoms with Crippen molar-refractivity contribution in [2.24, 2.45) is 41.4 Å². The lowest BCUT2D eigenvalue weighted by atomic mass is 9.72. The van der Waals surface area contributed by atoms with Gasteiger partial charge in [0, 0.05) is 30.1 Å². The molecule has 53 heavy (non-hydrogen) atoms. The van der Waals surface area contributed by atoms with Crippen LogP contribution in [0.4, 0.5) is 0 Å². The van der Waals surface area contributed by atoms with E-state index in [0.717, 1.165) is 6.42 Å². The molecule has 5 aliphatic rings. The number of rotatable bonds is 12. The summed E-state index contributed by atoms with van der Waals surface area (Å²) >= 11 is 0. The van der Waals surface area contributed by atoms with E-state index < -0.39 is 76.8 Å². The summed E-state index contributed by atoms with van der Waals surface area (Å²) < 4.78 is 33.5. The van der Waals surface area contributed by atoms with Crippen molar-refractivity contribution in [3.8, 4) is 0 Å². The molecule has 4 saturated heterocycles. The van der Waals surface area contributed by atoms with Crippen LogP contribution in [0.2, 0.25) is 0 Å². The van der Waals surface area contributed by atoms with E-state index in [1.54, 1.807) is 19.1 Å². The van der Waals surface area contributed by atoms with E-state index in [9.17, 15) is 30.0 Å². The van der Waals surface area contributed by atoms with Gasteiger partial charge in [0.05, 0.1) is 53.7 Å². The number of aliphatic hydroxyl groups excluding tert-OH is 2. The maximum Gasteiger partial charge on any atom is 0.309 e. The number of carboxylic acid groups (broad SMARTS) is 1. The molecule has 18 atom stereocenters. The van der Waals surface area contributed by atoms with Crippen molar-refractivity contribution in [1.29, 1.82) is 0 Å². The van der Waals surface area contributed by atoms with Crippen molar-refractivity contribution >= 4 is 11.8 Å². The predicted octanol–water partition coefficient (Wildman–Crippen LogP) is 6.19. The molecule has 0 radical (unpaired) electrons. The average Bonchev–Trinajstić information content (AvgIpc) is 3.47. The standard InChI is InChI=1S/C42H70O11/c1-11-29(38(46)47)31-15-14-23(4)36(50-31)27(8)34(44)26(7)35(45)30(12-2)37-24(5)22-25(6)41(51-37)19-16-32(43)42(53-41)21-20-39(10,52-42)33-17-18-40(48,13-3)28(9)49-33/h16,19,23-34,36-37,43-44,48H,11-15,17-18,20-22H2,1-10H3,(H,46,47)/t23-,24-,25+,26-,27-,28-,29+,30-,31+,32+,33+,34+,36+,37-,39-,40+,41+,42-/m0/s1. The van der Waals surface area contributed by atoms with Crippen molar-refractivity contribution in [1.82, 2.24) is 0 Å². The molecule has 2 spiro atoms. The maximum atomic E-state index is 14.4. The van der Waals surface area contributed by atoms with Crippen LogP contribution in [-0.4, -0.2) is 97.7 Å². The molecule has 0 bridgehead atoms. The van der Waals surface area contributed by atoms with Gasteiger partial charge in [-0.2, -0.15) is 0 Å². The Morgan fingerprint density at radius 1 is 0.887 bits per heavy atom. The third-order valence-corrected chi connectivity index (χ3v) is 14.4. The summed E-state index contributed by atoms with van der Waals surface area (Å²) in [7, 11) is 0. The van der Waals surface area contributed by atoms with Crippen LogP contribution < -0.4 is 0 Å². The second-order valence-corrected chi connectivity index (χ2v) is 17.9. The molecule has 5 rings (SSSR count). The Bertz CT molecular complexity index is 1320. The molecule has 11 nitrogen and oxygen atoms in total. The van der Waals surface area contributed by atoms with E-state index in [1.807, 2.05) is 41.5 Å². The number of carbonyl (C=O) groups excluding carboxylic acids is 1. The molecule has 5 aliphatic heterocycles. The van der Waals surface area contributed by atoms with E-state index >= 15 is 0 Å². The third-order valence-electron chi connectivity index (χ3n) is 14.4. The minimum atomic E-state index is -1.37. The van der Waals surface area contributed by atoms with Crippen LogP contribution >= 0.6 is 0 Å². The molecule has 11 heteroatoms. The van der Waals surface area contributed by atoms with E-state index in [-0.39, 0.29) is 41.8 Å². The number of carbonyl (C=O) groups is 2. The van der Waals surface area contributed by atoms with Crippen LogP contribution in [0.1, 0.15) is 133 Å². The Morgan fingerprint density at radius 2 is 1.57 bits per heavy atom. The smallest absolute Gasteiger partial charge is 0.309 e. The molecule has 0 aromatic rings. The van der Waals surface area contributed by atoms with Gasteiger partial charge in [-0.3, -0.25) is 9.59 Å². The summed E-state index contributed by atoms with van der Waals surface area (Å²) in [4.78, 5) is 26.4. The van der Waals surface area contributed by atoms with Gasteiger partial charge < -0.3 is 44.1 Å². The minimum Gasteiger partial charge on any atom is -0.481 e. The fourth-order valence-electron chi connectivity index (χ4n) is 10.5. The van der Waals surface area contributed by atoms with Crippen LogP contribution in [0.25, 0.3) is 0 Å². The molecule has 0 aromatic carbocycles. The molecule has 304 valence electrons. The number of hydrogen-bond acceptors (Lipinski definition) is 10. The summed E-state index contributed by atoms with van der Waals surface area (Å²) in [6.07, 6.45) is 5.51. The quantitative estimate of drug-likeness (QED) is 0.169. The first-order valence-electron chi connectivity index (χ1n) is 20.7. The van der Waals surface area contributed by atoms with Crippen molar-refractivity contribution in [2.75, 3.05) is 0 Å². The SMILES string of the molecule is CC[C@@H](C(=O)[C@@H](C)[C@@H](O)[C@H](C)[C@@H]1O[C@@H]([C@@H](CC)C(=O)O)CC[C@@H]1C)[C@H]1O[C@@]2(C=C[C@@H](O)[C@]3(CC[C@@](C)([C@H]4CC[C@](O)(CC)[C@H](C)O4)O3)O2)[C@H](C)C[C@@H]1C. The van der Waals surface area contributed by atoms with E-state index in [4.69, 9.17) is 23.7 Å². The summed E-state index contributed by atoms with van der Waals surface area (Å²) in [6.45, 7) is 19.6. The second kappa shape index (κ2) is 16.2. The summed E-state index contributed by atoms with van der Waals surface area (Å²) in [5.41, 5.74) is -1.63. The molecule has 0 unspecified atom stereocenters. The Balaban J connectivity index is 1.31. The molecule has 0 saturated carbocycles. The highest BCUT2D eigenvalue weighted by Crippen LogP contribution is 2.54. The van der Waals surface area contributed by atoms with E-state index in [1.165, 1.54) is 0 Å². The van der Waals surface area contributed by atoms with E-state index in [2.05, 4.69) is 20.8 Å². The summed E-state index contributed by atoms with van der Waals surface area (Å²) in [6, 6.07) is 0. The molecule has 0 aromatic heterocycles. The Hall–Kier alpha value is -1.44. The fourth-order valence-corrected chi connectivity index (χ4v) is 10.5. The number of hydrogen-bond donors (Lipinski definition) is 4. The topological polar surface area (TPSA) is 161 Å². The van der Waals surface area contributed by atoms with Crippen LogP contribution in [0.3, 0.4) is 0 Å². The number of aliphatic carboxylic acids is 1. The van der Waals surface area contributed by atoms with Crippen LogP contribution in [-0.2, 0) is 33.3 Å². The summed E-state index contributed by atoms with van der Waals surface area (Å²) in [5.74, 6) is -5.78. The number of ether oxygens (including phenoxy) is 5. The van der Waals surface area contributed by atoms with Gasteiger partial charge in [0.2, 0.25) is 5.79 Å². The molecule has 5 heterocycles. The zero-order valence-corrected chi connectivity index (χ0v) is 34.0. The van der Waals surface area contributed by atoms with Crippen LogP contribution in [0.15, 0.2) is 12.2 Å². The van der Waals surface area contributed by atoms with E-state index in [0.29, 0.717) is 57.8 Å². The zero-order valence-electron chi connectivity index (χ0n) is 34.0. The fraction of sp³-hybridized carbons (Fsp3) is 0.905. The molecule has 4 N–H and O–H groups in total. The van der Waals surface area contributed by atoms with Gasteiger partial charge in [0.15, 0.2) is 5.79 Å². The largest absolute Gasteiger partial charge is 0.481 e. The Morgan fingerprint density at radius 3 is 2.17 bits per heavy atom. The first-order valence-corrected chi connectivity index (χ1v) is 20.7. The van der Waals surface area contributed by atoms with Gasteiger partial charge >= 0.3 is 5.97 Å². The van der Waals surface area contributed by atoms with Crippen molar-refractivity contribution < 1.29 is 53.7 Å². The lowest BCUT2D eigenvalue weighted by Crippen LogP contribution is -2.63. The number of carboxylic acids is 1. The summed E-state index contributed by atoms with van der Waals surface area (Å²) in [5, 5.41) is 44.0. The number of aliphatic hydroxyl groups is 3. The highest BCUT2D eigenvalue weighted by molar-refractivity contribution is 5.84. The van der Waals surface area contributed by atoms with Crippen LogP contribution in [0, 0.1) is 41.4 Å². The first kappa shape index (κ1) is 42.7. The monoisotopic (exact) mass is 750 g/mol. The molecule has 0 aliphatic carbocycles. The lowest BCUT2D eigenvalue weighted by Gasteiger charge is -2.54. The molecule has 0 amide bonds. The second-order valence-electron chi connectivity index (χ2n) is 17.9. The van der Waals surface area contributed by atoms with Gasteiger partial charge in [0.1, 0.15) is 11.9 Å². The first-order chi connectivity index (χ1) is 24.8. The van der Waals surface area contributed by atoms with Gasteiger partial charge in [-0.25, -0.2) is 0 Å². The minimum absolute atomic E-state index is 0.0137. The van der Waals surface area contributed by atoms with Crippen molar-refractivity contribution in [3.05, 3.63) is 12.2 Å². The third kappa shape index (κ3) is 7.94. The number of Topliss-reactive ketones (excluding diaryl/α,β-unsaturated/α-hetero) is 1. The van der Waals surface area contributed by atoms with Crippen molar-refractivity contribution in [2.45, 2.75) is 199 Å². The zero-order chi connectivity index (χ0) is 39.3. The van der Waals surface area contributed by atoms with Gasteiger partial charge in [-0.15, -0.1) is 0 Å². The highest BCUT2D eigenvalue weighted by atomic mass is 16.8. The predicted molar refractivity (Wildman–Crippen MR) is 199 cm³/mol. The average molecular weight is 751 g/mol. The normalized spacial score (nSPS) is 46.2. The van der Waals surface area contributed by atoms with Crippen LogP contribution in [0.5, 0.6) is 0 Å². The van der Waals surface area contributed by atoms with Crippen molar-refractivity contribution in [3.63, 3.8) is 0 Å². The highest BCUT2D eigenvalue weighted by Gasteiger charge is 2.63. The van der Waals surface area contributed by atoms with Gasteiger partial charge in [-0.05, 0) is 95.6 Å². The molecule has 4 fully saturated rings. The molecular formula is C42H70O11. The Kier molecular flexibility index (Phi) is 13.0. The maximum absolute atomic E-state index is 14.4. The number of ketones is 1.